The monoisotopic (exact) mass is 553 g/mol. The van der Waals surface area contributed by atoms with E-state index in [0.717, 1.165) is 11.3 Å². The van der Waals surface area contributed by atoms with Crippen molar-refractivity contribution in [3.8, 4) is 16.8 Å². The second-order valence-corrected chi connectivity index (χ2v) is 9.86. The van der Waals surface area contributed by atoms with Crippen LogP contribution in [0.4, 0.5) is 9.80 Å². The number of pyridine rings is 1. The number of hydrogen-bond acceptors (Lipinski definition) is 9. The summed E-state index contributed by atoms with van der Waals surface area (Å²) in [5.74, 6) is -0.744. The van der Waals surface area contributed by atoms with Crippen LogP contribution in [-0.4, -0.2) is 56.2 Å². The van der Waals surface area contributed by atoms with Crippen molar-refractivity contribution in [3.05, 3.63) is 74.7 Å². The van der Waals surface area contributed by atoms with Crippen LogP contribution < -0.4 is 16.2 Å². The van der Waals surface area contributed by atoms with E-state index in [-0.39, 0.29) is 17.9 Å². The fraction of sp³-hybridized carbons (Fsp3) is 0.208. The van der Waals surface area contributed by atoms with Gasteiger partial charge < -0.3 is 14.6 Å². The Labute approximate surface area is 224 Å². The maximum Gasteiger partial charge on any atom is 0.411 e. The summed E-state index contributed by atoms with van der Waals surface area (Å²) in [5, 5.41) is 17.3. The van der Waals surface area contributed by atoms with Gasteiger partial charge in [0.2, 0.25) is 5.91 Å². The highest BCUT2D eigenvalue weighted by molar-refractivity contribution is 7.18. The van der Waals surface area contributed by atoms with Crippen molar-refractivity contribution in [1.29, 1.82) is 0 Å². The molecule has 0 fully saturated rings. The number of benzene rings is 1. The number of hydrogen-bond donors (Lipinski definition) is 2. The lowest BCUT2D eigenvalue weighted by atomic mass is 10.0. The first kappa shape index (κ1) is 25.3. The molecule has 4 aromatic rings. The number of rotatable bonds is 7. The van der Waals surface area contributed by atoms with Gasteiger partial charge in [0.05, 0.1) is 29.2 Å². The topological polar surface area (TPSA) is 150 Å². The lowest BCUT2D eigenvalue weighted by Crippen LogP contribution is -2.37. The number of methoxy groups -OCH3 is 1. The number of Topliss-reactive ketones (excluding diaryl/α,β-unsaturated/α-hetero) is 1. The number of nitrogens with one attached hydrogen (secondary N) is 2. The molecule has 0 radical (unpaired) electrons. The van der Waals surface area contributed by atoms with Crippen molar-refractivity contribution in [3.63, 3.8) is 0 Å². The van der Waals surface area contributed by atoms with E-state index in [2.05, 4.69) is 30.9 Å². The lowest BCUT2D eigenvalue weighted by Gasteiger charge is -2.16. The third-order valence-electron chi connectivity index (χ3n) is 6.02. The summed E-state index contributed by atoms with van der Waals surface area (Å²) in [4.78, 5) is 50.4. The maximum absolute atomic E-state index is 13.2. The lowest BCUT2D eigenvalue weighted by molar-refractivity contribution is -0.124. The van der Waals surface area contributed by atoms with E-state index in [9.17, 15) is 19.2 Å². The highest BCUT2D eigenvalue weighted by atomic mass is 35.5. The van der Waals surface area contributed by atoms with Crippen LogP contribution in [-0.2, 0) is 16.0 Å². The predicted molar refractivity (Wildman–Crippen MR) is 139 cm³/mol. The summed E-state index contributed by atoms with van der Waals surface area (Å²) >= 11 is 7.31. The number of carbonyl (C=O) groups is 3. The van der Waals surface area contributed by atoms with Gasteiger partial charge in [-0.3, -0.25) is 19.7 Å². The summed E-state index contributed by atoms with van der Waals surface area (Å²) in [6.45, 7) is -0.243. The molecule has 38 heavy (non-hydrogen) atoms. The zero-order valence-electron chi connectivity index (χ0n) is 19.9. The molecular weight excluding hydrogens is 534 g/mol. The van der Waals surface area contributed by atoms with Crippen molar-refractivity contribution in [2.45, 2.75) is 18.9 Å². The summed E-state index contributed by atoms with van der Waals surface area (Å²) in [5.41, 5.74) is 2.28. The van der Waals surface area contributed by atoms with E-state index in [0.29, 0.717) is 50.3 Å². The van der Waals surface area contributed by atoms with Crippen LogP contribution in [0, 0.1) is 0 Å². The minimum atomic E-state index is -0.738. The van der Waals surface area contributed by atoms with Gasteiger partial charge in [-0.2, -0.15) is 4.68 Å². The number of amides is 2. The molecule has 3 aromatic heterocycles. The molecule has 0 saturated carbocycles. The van der Waals surface area contributed by atoms with Crippen LogP contribution in [0.1, 0.15) is 27.8 Å². The first-order chi connectivity index (χ1) is 18.3. The summed E-state index contributed by atoms with van der Waals surface area (Å²) in [7, 11) is 1.24. The Hall–Kier alpha value is -4.36. The van der Waals surface area contributed by atoms with Gasteiger partial charge in [-0.25, -0.2) is 4.79 Å². The molecule has 1 aliphatic heterocycles. The van der Waals surface area contributed by atoms with Crippen LogP contribution in [0.15, 0.2) is 53.6 Å². The third-order valence-corrected chi connectivity index (χ3v) is 7.29. The second-order valence-electron chi connectivity index (χ2n) is 8.34. The molecule has 1 aromatic carbocycles. The molecule has 0 saturated heterocycles. The molecule has 12 nitrogen and oxygen atoms in total. The molecule has 1 atom stereocenters. The van der Waals surface area contributed by atoms with Gasteiger partial charge in [-0.15, -0.1) is 16.4 Å². The number of ether oxygens (including phenoxy) is 1. The summed E-state index contributed by atoms with van der Waals surface area (Å²) in [6, 6.07) is 10.9. The number of ketones is 1. The molecule has 0 aliphatic carbocycles. The highest BCUT2D eigenvalue weighted by Gasteiger charge is 2.30. The van der Waals surface area contributed by atoms with Gasteiger partial charge in [0.15, 0.2) is 5.78 Å². The first-order valence-corrected chi connectivity index (χ1v) is 12.6. The van der Waals surface area contributed by atoms with E-state index in [1.807, 2.05) is 6.07 Å². The number of anilines is 1. The SMILES string of the molecule is COC(=O)Nc1ccc(C(=O)CNC(=O)C2CCc3cc(-c4cc(Cl)ccc4-n4cnnn4)cc(=O)n32)s1. The predicted octanol–water partition coefficient (Wildman–Crippen LogP) is 2.87. The Morgan fingerprint density at radius 3 is 2.79 bits per heavy atom. The number of aromatic nitrogens is 5. The number of halogens is 1. The fourth-order valence-corrected chi connectivity index (χ4v) is 5.29. The average molecular weight is 554 g/mol. The zero-order chi connectivity index (χ0) is 26.8. The van der Waals surface area contributed by atoms with Crippen LogP contribution in [0.2, 0.25) is 5.02 Å². The summed E-state index contributed by atoms with van der Waals surface area (Å²) < 4.78 is 7.46. The van der Waals surface area contributed by atoms with Gasteiger partial charge in [0.25, 0.3) is 5.56 Å². The quantitative estimate of drug-likeness (QED) is 0.332. The van der Waals surface area contributed by atoms with E-state index >= 15 is 0 Å². The largest absolute Gasteiger partial charge is 0.453 e. The number of fused-ring (bicyclic) bond motifs is 1. The smallest absolute Gasteiger partial charge is 0.411 e. The third kappa shape index (κ3) is 5.06. The highest BCUT2D eigenvalue weighted by Crippen LogP contribution is 2.32. The maximum atomic E-state index is 13.2. The molecule has 1 aliphatic rings. The molecule has 1 unspecified atom stereocenters. The molecule has 2 N–H and O–H groups in total. The fourth-order valence-electron chi connectivity index (χ4n) is 4.29. The Morgan fingerprint density at radius 2 is 2.03 bits per heavy atom. The van der Waals surface area contributed by atoms with Crippen molar-refractivity contribution in [1.82, 2.24) is 30.1 Å². The van der Waals surface area contributed by atoms with Gasteiger partial charge in [-0.1, -0.05) is 11.6 Å². The molecule has 4 heterocycles. The molecular formula is C24H20ClN7O5S. The summed E-state index contributed by atoms with van der Waals surface area (Å²) in [6.07, 6.45) is 1.72. The number of carbonyl (C=O) groups excluding carboxylic acids is 3. The number of aryl methyl sites for hydroxylation is 1. The van der Waals surface area contributed by atoms with Gasteiger partial charge in [-0.05, 0) is 65.2 Å². The normalized spacial score (nSPS) is 14.1. The van der Waals surface area contributed by atoms with E-state index in [1.165, 1.54) is 28.8 Å². The molecule has 14 heteroatoms. The Bertz CT molecular complexity index is 1600. The first-order valence-electron chi connectivity index (χ1n) is 11.4. The van der Waals surface area contributed by atoms with Crippen molar-refractivity contribution < 1.29 is 19.1 Å². The zero-order valence-corrected chi connectivity index (χ0v) is 21.5. The van der Waals surface area contributed by atoms with Crippen LogP contribution in [0.25, 0.3) is 16.8 Å². The van der Waals surface area contributed by atoms with Crippen molar-refractivity contribution >= 4 is 45.7 Å². The standard InChI is InChI=1S/C24H20ClN7O5S/c1-37-24(36)28-21-7-6-20(38-21)19(33)11-26-23(35)18-5-3-15-8-13(9-22(34)32(15)18)16-10-14(25)2-4-17(16)31-12-27-29-30-31/h2,4,6-10,12,18H,3,5,11H2,1H3,(H,26,35)(H,28,36). The molecule has 5 rings (SSSR count). The minimum Gasteiger partial charge on any atom is -0.453 e. The van der Waals surface area contributed by atoms with Gasteiger partial charge in [0.1, 0.15) is 12.4 Å². The Kier molecular flexibility index (Phi) is 7.03. The minimum absolute atomic E-state index is 0.243. The van der Waals surface area contributed by atoms with Gasteiger partial charge >= 0.3 is 6.09 Å². The second kappa shape index (κ2) is 10.6. The average Bonchev–Trinajstić information content (AvgIpc) is 3.68. The van der Waals surface area contributed by atoms with Crippen LogP contribution in [0.5, 0.6) is 0 Å². The molecule has 0 spiro atoms. The molecule has 194 valence electrons. The number of tetrazole rings is 1. The van der Waals surface area contributed by atoms with Crippen molar-refractivity contribution in [2.24, 2.45) is 0 Å². The Morgan fingerprint density at radius 1 is 1.18 bits per heavy atom. The van der Waals surface area contributed by atoms with Crippen LogP contribution in [0.3, 0.4) is 0 Å². The number of thiophene rings is 1. The van der Waals surface area contributed by atoms with Crippen LogP contribution >= 0.6 is 22.9 Å². The molecule has 0 bridgehead atoms. The Balaban J connectivity index is 1.32. The van der Waals surface area contributed by atoms with E-state index in [4.69, 9.17) is 11.6 Å². The van der Waals surface area contributed by atoms with E-state index < -0.39 is 18.0 Å². The number of nitrogens with zero attached hydrogens (tertiary/aromatic N) is 5. The van der Waals surface area contributed by atoms with Gasteiger partial charge in [0, 0.05) is 22.3 Å². The van der Waals surface area contributed by atoms with Crippen molar-refractivity contribution in [2.75, 3.05) is 19.0 Å². The molecule has 2 amide bonds. The van der Waals surface area contributed by atoms with E-state index in [1.54, 1.807) is 30.3 Å².